The molecule has 0 bridgehead atoms. The normalized spacial score (nSPS) is 24.6. The molecule has 0 aliphatic heterocycles. The van der Waals surface area contributed by atoms with Crippen molar-refractivity contribution in [1.29, 1.82) is 0 Å². The minimum Gasteiger partial charge on any atom is -0.447 e. The van der Waals surface area contributed by atoms with E-state index in [1.54, 1.807) is 0 Å². The van der Waals surface area contributed by atoms with Crippen LogP contribution in [0.2, 0.25) is 0 Å². The number of hydrogen-bond donors (Lipinski definition) is 4. The summed E-state index contributed by atoms with van der Waals surface area (Å²) < 4.78 is 13.4. The fourth-order valence-electron chi connectivity index (χ4n) is 5.79. The van der Waals surface area contributed by atoms with Crippen molar-refractivity contribution in [1.82, 2.24) is 0 Å². The van der Waals surface area contributed by atoms with Crippen molar-refractivity contribution in [3.8, 4) is 0 Å². The third-order valence-corrected chi connectivity index (χ3v) is 42.6. The quantitative estimate of drug-likeness (QED) is 0.231. The minimum atomic E-state index is -2.65. The summed E-state index contributed by atoms with van der Waals surface area (Å²) in [5.41, 5.74) is 27.4. The zero-order valence-corrected chi connectivity index (χ0v) is 27.2. The average molecular weight is 561 g/mol. The lowest BCUT2D eigenvalue weighted by molar-refractivity contribution is 0.113. The molecular formula is C24H58N4O2P2S2. The van der Waals surface area contributed by atoms with E-state index in [0.717, 1.165) is 51.8 Å². The predicted octanol–water partition coefficient (Wildman–Crippen LogP) is 5.60. The van der Waals surface area contributed by atoms with Crippen LogP contribution >= 0.6 is 13.1 Å². The van der Waals surface area contributed by atoms with Gasteiger partial charge in [0.05, 0.1) is 5.60 Å². The van der Waals surface area contributed by atoms with Crippen molar-refractivity contribution in [3.63, 3.8) is 0 Å². The monoisotopic (exact) mass is 560 g/mol. The summed E-state index contributed by atoms with van der Waals surface area (Å²) in [5, 5.41) is 0. The van der Waals surface area contributed by atoms with Gasteiger partial charge in [-0.15, -0.1) is 0 Å². The second-order valence-electron chi connectivity index (χ2n) is 10.1. The lowest BCUT2D eigenvalue weighted by atomic mass is 9.87. The Hall–Kier alpha value is 0.640. The van der Waals surface area contributed by atoms with Crippen molar-refractivity contribution in [3.05, 3.63) is 24.0 Å². The fraction of sp³-hybridized carbons (Fsp3) is 0.833. The fourth-order valence-corrected chi connectivity index (χ4v) is 27.3. The second-order valence-corrected chi connectivity index (χ2v) is 34.3. The topological polar surface area (TPSA) is 123 Å². The number of nitrogens with two attached hydrogens (primary N) is 4. The third kappa shape index (κ3) is 4.67. The predicted molar refractivity (Wildman–Crippen MR) is 167 cm³/mol. The van der Waals surface area contributed by atoms with Gasteiger partial charge in [0.2, 0.25) is 0 Å². The second kappa shape index (κ2) is 10.8. The van der Waals surface area contributed by atoms with Crippen LogP contribution in [-0.2, 0) is 25.7 Å². The summed E-state index contributed by atoms with van der Waals surface area (Å²) in [6, 6.07) is 0. The van der Waals surface area contributed by atoms with Gasteiger partial charge in [-0.05, 0) is 71.2 Å². The minimum absolute atomic E-state index is 0.0229. The highest BCUT2D eigenvalue weighted by molar-refractivity contribution is 8.52. The lowest BCUT2D eigenvalue weighted by Gasteiger charge is -2.55. The van der Waals surface area contributed by atoms with Crippen molar-refractivity contribution < 1.29 is 9.05 Å². The molecule has 1 aliphatic rings. The first-order chi connectivity index (χ1) is 15.5. The molecule has 6 nitrogen and oxygen atoms in total. The molecule has 1 rings (SSSR count). The Bertz CT molecular complexity index is 931. The number of hydrogen-bond acceptors (Lipinski definition) is 2. The molecular weight excluding hydrogens is 502 g/mol. The number of rotatable bonds is 12. The molecule has 0 amide bonds. The summed E-state index contributed by atoms with van der Waals surface area (Å²) in [4.78, 5) is 0. The van der Waals surface area contributed by atoms with Gasteiger partial charge in [-0.25, -0.2) is 8.34 Å². The number of allylic oxidation sites excluding steroid dienone is 1. The molecule has 8 N–H and O–H groups in total. The summed E-state index contributed by atoms with van der Waals surface area (Å²) in [6.45, 7) is 16.8. The van der Waals surface area contributed by atoms with Gasteiger partial charge in [0.1, 0.15) is 12.3 Å². The molecule has 0 spiro atoms. The average Bonchev–Trinajstić information content (AvgIpc) is 2.80. The first-order valence-electron chi connectivity index (χ1n) is 13.0. The molecule has 0 saturated carbocycles. The van der Waals surface area contributed by atoms with Gasteiger partial charge in [0.25, 0.3) is 0 Å². The van der Waals surface area contributed by atoms with Crippen LogP contribution in [0.15, 0.2) is 24.0 Å². The van der Waals surface area contributed by atoms with Crippen molar-refractivity contribution in [2.45, 2.75) is 74.8 Å². The van der Waals surface area contributed by atoms with Gasteiger partial charge in [-0.1, -0.05) is 62.3 Å². The Balaban J connectivity index is 3.59. The van der Waals surface area contributed by atoms with Crippen molar-refractivity contribution in [2.75, 3.05) is 46.0 Å². The molecule has 0 aromatic rings. The molecule has 34 heavy (non-hydrogen) atoms. The van der Waals surface area contributed by atoms with E-state index in [4.69, 9.17) is 31.1 Å². The Morgan fingerprint density at radius 2 is 1.09 bits per heavy atom. The zero-order chi connectivity index (χ0) is 26.7. The molecule has 0 radical (unpaired) electrons. The molecule has 2 unspecified atom stereocenters. The van der Waals surface area contributed by atoms with Gasteiger partial charge in [-0.2, -0.15) is 8.34 Å². The summed E-state index contributed by atoms with van der Waals surface area (Å²) >= 11 is 0. The lowest BCUT2D eigenvalue weighted by Crippen LogP contribution is -2.50. The maximum Gasteiger partial charge on any atom is 0.188 e. The molecule has 10 heteroatoms. The van der Waals surface area contributed by atoms with Crippen molar-refractivity contribution >= 4 is 29.8 Å². The van der Waals surface area contributed by atoms with Gasteiger partial charge < -0.3 is 9.05 Å². The van der Waals surface area contributed by atoms with E-state index in [1.807, 2.05) is 6.08 Å². The highest BCUT2D eigenvalue weighted by atomic mass is 32.6. The van der Waals surface area contributed by atoms with Gasteiger partial charge in [0.15, 0.2) is 6.57 Å². The van der Waals surface area contributed by atoms with E-state index in [0.29, 0.717) is 0 Å². The Morgan fingerprint density at radius 1 is 0.735 bits per heavy atom. The molecule has 2 atom stereocenters. The first kappa shape index (κ1) is 32.7. The third-order valence-electron chi connectivity index (χ3n) is 10.0. The summed E-state index contributed by atoms with van der Waals surface area (Å²) in [7, 11) is -4.19. The largest absolute Gasteiger partial charge is 0.447 e. The van der Waals surface area contributed by atoms with Crippen LogP contribution in [0.3, 0.4) is 0 Å². The Morgan fingerprint density at radius 3 is 1.41 bits per heavy atom. The molecule has 0 fully saturated rings. The SMILES string of the molecule is CCS(CC)(CC)(CC)=P(N)(N)OC1=CC(C)C(C)(OP(N)(N)=S(CC)(CC)(CC)CC)C=C1. The van der Waals surface area contributed by atoms with E-state index in [2.05, 4.69) is 81.4 Å². The van der Waals surface area contributed by atoms with Crippen LogP contribution < -0.4 is 22.0 Å². The highest BCUT2D eigenvalue weighted by Crippen LogP contribution is 2.58. The van der Waals surface area contributed by atoms with Gasteiger partial charge >= 0.3 is 0 Å². The molecule has 0 heterocycles. The summed E-state index contributed by atoms with van der Waals surface area (Å²) in [5.74, 6) is 8.77. The van der Waals surface area contributed by atoms with Crippen LogP contribution in [0.5, 0.6) is 0 Å². The molecule has 208 valence electrons. The van der Waals surface area contributed by atoms with Gasteiger partial charge in [-0.3, -0.25) is 22.0 Å². The zero-order valence-electron chi connectivity index (χ0n) is 23.8. The maximum atomic E-state index is 7.03. The highest BCUT2D eigenvalue weighted by Gasteiger charge is 2.43. The van der Waals surface area contributed by atoms with Crippen LogP contribution in [-0.4, -0.2) is 51.6 Å². The summed E-state index contributed by atoms with van der Waals surface area (Å²) in [6.07, 6.45) is 6.16. The molecule has 0 saturated heterocycles. The van der Waals surface area contributed by atoms with E-state index in [1.165, 1.54) is 0 Å². The molecule has 0 aromatic carbocycles. The van der Waals surface area contributed by atoms with Crippen molar-refractivity contribution in [2.24, 2.45) is 27.9 Å². The van der Waals surface area contributed by atoms with E-state index in [9.17, 15) is 0 Å². The standard InChI is InChI=1S/C24H58N4O2P2S2/c1-11-33(12-2,13-3,14-4)31(25,26)29-23-19-20-24(10,22(9)21-23)30-32(27,28)34(15-5,16-6,17-7)18-8/h19-22H,11-18,25-28H2,1-10H3. The van der Waals surface area contributed by atoms with Crippen LogP contribution in [0, 0.1) is 5.92 Å². The first-order valence-corrected chi connectivity index (χ1v) is 23.4. The Labute approximate surface area is 211 Å². The molecule has 1 aliphatic carbocycles. The van der Waals surface area contributed by atoms with E-state index < -0.39 is 35.4 Å². The smallest absolute Gasteiger partial charge is 0.188 e. The van der Waals surface area contributed by atoms with Gasteiger partial charge in [0, 0.05) is 5.92 Å². The van der Waals surface area contributed by atoms with Crippen LogP contribution in [0.25, 0.3) is 0 Å². The van der Waals surface area contributed by atoms with E-state index in [-0.39, 0.29) is 5.92 Å². The van der Waals surface area contributed by atoms with E-state index >= 15 is 0 Å². The van der Waals surface area contributed by atoms with Crippen LogP contribution in [0.4, 0.5) is 0 Å². The van der Waals surface area contributed by atoms with Crippen LogP contribution in [0.1, 0.15) is 69.2 Å². The maximum absolute atomic E-state index is 7.03. The Kier molecular flexibility index (Phi) is 10.4. The molecule has 0 aromatic heterocycles.